The molecule has 0 aliphatic heterocycles. The molecular weight excluding hydrogens is 593 g/mol. The Morgan fingerprint density at radius 3 is 1.29 bits per heavy atom. The minimum atomic E-state index is 1.12. The lowest BCUT2D eigenvalue weighted by molar-refractivity contribution is 1.25. The molecule has 0 heterocycles. The van der Waals surface area contributed by atoms with E-state index in [2.05, 4.69) is 217 Å². The Balaban J connectivity index is 1.06. The fourth-order valence-electron chi connectivity index (χ4n) is 6.56. The SMILES string of the molecule is Cc1ccccc1N(c1ccc(/C=C/c2ccc(N(c3ccccc3)c3ccc4ccccc4c3)cc2)cc1)c1ccc2ccccc2c1. The maximum Gasteiger partial charge on any atom is 0.0490 e. The molecule has 0 atom stereocenters. The number of nitrogens with zero attached hydrogens (tertiary/aromatic N) is 2. The molecule has 0 spiro atoms. The second-order valence-corrected chi connectivity index (χ2v) is 12.4. The van der Waals surface area contributed by atoms with E-state index < -0.39 is 0 Å². The molecule has 8 aromatic carbocycles. The van der Waals surface area contributed by atoms with Crippen LogP contribution in [0.5, 0.6) is 0 Å². The van der Waals surface area contributed by atoms with Crippen molar-refractivity contribution >= 4 is 67.8 Å². The van der Waals surface area contributed by atoms with Crippen LogP contribution in [0.2, 0.25) is 0 Å². The zero-order chi connectivity index (χ0) is 33.0. The van der Waals surface area contributed by atoms with Crippen molar-refractivity contribution in [1.82, 2.24) is 0 Å². The van der Waals surface area contributed by atoms with E-state index in [-0.39, 0.29) is 0 Å². The molecule has 0 amide bonds. The van der Waals surface area contributed by atoms with Crippen molar-refractivity contribution in [2.24, 2.45) is 0 Å². The van der Waals surface area contributed by atoms with E-state index in [1.54, 1.807) is 0 Å². The quantitative estimate of drug-likeness (QED) is 0.155. The number of benzene rings is 8. The first-order chi connectivity index (χ1) is 24.2. The van der Waals surface area contributed by atoms with Crippen molar-refractivity contribution < 1.29 is 0 Å². The molecular formula is C47H36N2. The highest BCUT2D eigenvalue weighted by atomic mass is 15.1. The Hall–Kier alpha value is -6.38. The van der Waals surface area contributed by atoms with E-state index in [1.807, 2.05) is 0 Å². The van der Waals surface area contributed by atoms with Gasteiger partial charge in [-0.1, -0.05) is 133 Å². The third-order valence-electron chi connectivity index (χ3n) is 9.12. The molecule has 2 nitrogen and oxygen atoms in total. The van der Waals surface area contributed by atoms with Crippen LogP contribution in [-0.2, 0) is 0 Å². The number of aryl methyl sites for hydroxylation is 1. The van der Waals surface area contributed by atoms with Gasteiger partial charge in [-0.2, -0.15) is 0 Å². The van der Waals surface area contributed by atoms with Crippen molar-refractivity contribution in [2.45, 2.75) is 6.92 Å². The monoisotopic (exact) mass is 628 g/mol. The van der Waals surface area contributed by atoms with E-state index >= 15 is 0 Å². The van der Waals surface area contributed by atoms with Gasteiger partial charge < -0.3 is 9.80 Å². The lowest BCUT2D eigenvalue weighted by Gasteiger charge is -2.27. The van der Waals surface area contributed by atoms with Gasteiger partial charge in [0.25, 0.3) is 0 Å². The van der Waals surface area contributed by atoms with E-state index in [4.69, 9.17) is 0 Å². The van der Waals surface area contributed by atoms with Crippen LogP contribution >= 0.6 is 0 Å². The first kappa shape index (κ1) is 30.0. The fourth-order valence-corrected chi connectivity index (χ4v) is 6.56. The lowest BCUT2D eigenvalue weighted by Crippen LogP contribution is -2.11. The maximum atomic E-state index is 2.35. The van der Waals surface area contributed by atoms with Crippen molar-refractivity contribution in [3.63, 3.8) is 0 Å². The summed E-state index contributed by atoms with van der Waals surface area (Å²) >= 11 is 0. The molecule has 0 radical (unpaired) electrons. The first-order valence-corrected chi connectivity index (χ1v) is 16.8. The second-order valence-electron chi connectivity index (χ2n) is 12.4. The molecule has 234 valence electrons. The largest absolute Gasteiger partial charge is 0.310 e. The van der Waals surface area contributed by atoms with E-state index in [1.165, 1.54) is 32.8 Å². The number of anilines is 6. The summed E-state index contributed by atoms with van der Waals surface area (Å²) < 4.78 is 0. The summed E-state index contributed by atoms with van der Waals surface area (Å²) in [5.41, 5.74) is 10.4. The summed E-state index contributed by atoms with van der Waals surface area (Å²) in [5, 5.41) is 4.94. The highest BCUT2D eigenvalue weighted by molar-refractivity contribution is 5.91. The normalized spacial score (nSPS) is 11.3. The minimum Gasteiger partial charge on any atom is -0.310 e. The Bertz CT molecular complexity index is 2390. The highest BCUT2D eigenvalue weighted by Gasteiger charge is 2.15. The van der Waals surface area contributed by atoms with Gasteiger partial charge in [0.2, 0.25) is 0 Å². The first-order valence-electron chi connectivity index (χ1n) is 16.8. The molecule has 0 bridgehead atoms. The Morgan fingerprint density at radius 1 is 0.327 bits per heavy atom. The number of hydrogen-bond acceptors (Lipinski definition) is 2. The molecule has 0 aliphatic rings. The van der Waals surface area contributed by atoms with Gasteiger partial charge in [-0.15, -0.1) is 0 Å². The molecule has 0 unspecified atom stereocenters. The van der Waals surface area contributed by atoms with Crippen LogP contribution < -0.4 is 9.80 Å². The average Bonchev–Trinajstić information content (AvgIpc) is 3.16. The Labute approximate surface area is 288 Å². The second kappa shape index (κ2) is 13.4. The number of para-hydroxylation sites is 2. The minimum absolute atomic E-state index is 1.12. The zero-order valence-electron chi connectivity index (χ0n) is 27.4. The van der Waals surface area contributed by atoms with Crippen LogP contribution in [-0.4, -0.2) is 0 Å². The van der Waals surface area contributed by atoms with Gasteiger partial charge in [-0.05, 0) is 112 Å². The van der Waals surface area contributed by atoms with E-state index in [0.717, 1.165) is 39.6 Å². The Morgan fingerprint density at radius 2 is 0.735 bits per heavy atom. The van der Waals surface area contributed by atoms with Crippen LogP contribution in [0.4, 0.5) is 34.1 Å². The molecule has 0 N–H and O–H groups in total. The van der Waals surface area contributed by atoms with Crippen molar-refractivity contribution in [3.8, 4) is 0 Å². The summed E-state index contributed by atoms with van der Waals surface area (Å²) in [5.74, 6) is 0. The zero-order valence-corrected chi connectivity index (χ0v) is 27.4. The summed E-state index contributed by atoms with van der Waals surface area (Å²) in [6.07, 6.45) is 4.37. The number of rotatable bonds is 8. The molecule has 0 saturated carbocycles. The molecule has 0 fully saturated rings. The molecule has 49 heavy (non-hydrogen) atoms. The topological polar surface area (TPSA) is 6.48 Å². The van der Waals surface area contributed by atoms with Gasteiger partial charge in [-0.25, -0.2) is 0 Å². The standard InChI is InChI=1S/C47H36N2/c1-35-11-5-10-18-47(35)49(46-32-26-39-13-7-9-15-41(39)34-46)44-29-23-37(24-30-44)20-19-36-21-27-43(28-22-36)48(42-16-3-2-4-17-42)45-31-25-38-12-6-8-14-40(38)33-45/h2-34H,1H3/b20-19+. The van der Waals surface area contributed by atoms with Gasteiger partial charge >= 0.3 is 0 Å². The van der Waals surface area contributed by atoms with Crippen LogP contribution in [0.15, 0.2) is 188 Å². The van der Waals surface area contributed by atoms with Gasteiger partial charge in [-0.3, -0.25) is 0 Å². The third kappa shape index (κ3) is 6.33. The Kier molecular flexibility index (Phi) is 8.19. The van der Waals surface area contributed by atoms with Crippen LogP contribution in [0.3, 0.4) is 0 Å². The predicted molar refractivity (Wildman–Crippen MR) is 211 cm³/mol. The lowest BCUT2D eigenvalue weighted by atomic mass is 10.1. The average molecular weight is 629 g/mol. The molecule has 8 aromatic rings. The van der Waals surface area contributed by atoms with Crippen LogP contribution in [0.1, 0.15) is 16.7 Å². The summed E-state index contributed by atoms with van der Waals surface area (Å²) in [4.78, 5) is 4.66. The van der Waals surface area contributed by atoms with E-state index in [9.17, 15) is 0 Å². The molecule has 0 aromatic heterocycles. The van der Waals surface area contributed by atoms with Crippen LogP contribution in [0, 0.1) is 6.92 Å². The third-order valence-corrected chi connectivity index (χ3v) is 9.12. The van der Waals surface area contributed by atoms with Gasteiger partial charge in [0.15, 0.2) is 0 Å². The summed E-state index contributed by atoms with van der Waals surface area (Å²) in [6, 6.07) is 67.2. The van der Waals surface area contributed by atoms with Crippen LogP contribution in [0.25, 0.3) is 33.7 Å². The van der Waals surface area contributed by atoms with Gasteiger partial charge in [0, 0.05) is 34.1 Å². The molecule has 8 rings (SSSR count). The van der Waals surface area contributed by atoms with Crippen molar-refractivity contribution in [3.05, 3.63) is 205 Å². The highest BCUT2D eigenvalue weighted by Crippen LogP contribution is 2.39. The molecule has 2 heteroatoms. The van der Waals surface area contributed by atoms with Crippen molar-refractivity contribution in [2.75, 3.05) is 9.80 Å². The number of fused-ring (bicyclic) bond motifs is 2. The maximum absolute atomic E-state index is 2.35. The molecule has 0 saturated heterocycles. The smallest absolute Gasteiger partial charge is 0.0490 e. The van der Waals surface area contributed by atoms with E-state index in [0.29, 0.717) is 0 Å². The molecule has 0 aliphatic carbocycles. The van der Waals surface area contributed by atoms with Crippen molar-refractivity contribution in [1.29, 1.82) is 0 Å². The van der Waals surface area contributed by atoms with Gasteiger partial charge in [0.1, 0.15) is 0 Å². The number of hydrogen-bond donors (Lipinski definition) is 0. The van der Waals surface area contributed by atoms with Gasteiger partial charge in [0.05, 0.1) is 0 Å². The summed E-state index contributed by atoms with van der Waals surface area (Å²) in [7, 11) is 0. The fraction of sp³-hybridized carbons (Fsp3) is 0.0213. The summed E-state index contributed by atoms with van der Waals surface area (Å²) in [6.45, 7) is 2.17. The predicted octanol–water partition coefficient (Wildman–Crippen LogP) is 13.4.